The lowest BCUT2D eigenvalue weighted by atomic mass is 10.1. The SMILES string of the molecule is CC/C=C\C/C=C\C/C=C\C/C=C\CCCCCCCCCCC(=O)OC(COC(=O)CCCCCCCCC/C=C\C/C=C\CCCCCC)COP(=O)(O)OCC(O)CO. The second-order valence-electron chi connectivity index (χ2n) is 16.1. The van der Waals surface area contributed by atoms with Gasteiger partial charge in [-0.2, -0.15) is 0 Å². The molecular weight excluding hydrogens is 804 g/mol. The first kappa shape index (κ1) is 59.4. The fourth-order valence-corrected chi connectivity index (χ4v) is 7.16. The van der Waals surface area contributed by atoms with E-state index >= 15 is 0 Å². The molecule has 10 nitrogen and oxygen atoms in total. The van der Waals surface area contributed by atoms with Gasteiger partial charge >= 0.3 is 19.8 Å². The lowest BCUT2D eigenvalue weighted by Crippen LogP contribution is -2.29. The number of aliphatic hydroxyl groups excluding tert-OH is 2. The van der Waals surface area contributed by atoms with Crippen LogP contribution in [0.5, 0.6) is 0 Å². The van der Waals surface area contributed by atoms with Crippen LogP contribution in [0.15, 0.2) is 72.9 Å². The Balaban J connectivity index is 4.26. The highest BCUT2D eigenvalue weighted by Crippen LogP contribution is 2.43. The Morgan fingerprint density at radius 1 is 0.500 bits per heavy atom. The molecule has 3 atom stereocenters. The van der Waals surface area contributed by atoms with E-state index in [0.717, 1.165) is 89.9 Å². The number of aliphatic hydroxyl groups is 2. The van der Waals surface area contributed by atoms with E-state index < -0.39 is 51.8 Å². The van der Waals surface area contributed by atoms with Crippen molar-refractivity contribution in [3.63, 3.8) is 0 Å². The van der Waals surface area contributed by atoms with Crippen LogP contribution in [0.4, 0.5) is 0 Å². The van der Waals surface area contributed by atoms with Crippen LogP contribution in [0.1, 0.15) is 200 Å². The molecule has 0 rings (SSSR count). The molecule has 358 valence electrons. The van der Waals surface area contributed by atoms with Crippen LogP contribution in [0, 0.1) is 0 Å². The third-order valence-electron chi connectivity index (χ3n) is 10.1. The van der Waals surface area contributed by atoms with Crippen LogP contribution in [0.25, 0.3) is 0 Å². The Morgan fingerprint density at radius 2 is 0.887 bits per heavy atom. The molecule has 0 bridgehead atoms. The molecule has 0 saturated carbocycles. The van der Waals surface area contributed by atoms with Gasteiger partial charge in [0.25, 0.3) is 0 Å². The second-order valence-corrected chi connectivity index (χ2v) is 17.6. The minimum atomic E-state index is -4.63. The summed E-state index contributed by atoms with van der Waals surface area (Å²) in [6, 6.07) is 0. The van der Waals surface area contributed by atoms with Gasteiger partial charge in [0.1, 0.15) is 12.7 Å². The Bertz CT molecular complexity index is 1260. The van der Waals surface area contributed by atoms with E-state index in [-0.39, 0.29) is 19.4 Å². The summed E-state index contributed by atoms with van der Waals surface area (Å²) in [5.41, 5.74) is 0. The summed E-state index contributed by atoms with van der Waals surface area (Å²) in [7, 11) is -4.63. The summed E-state index contributed by atoms with van der Waals surface area (Å²) in [6.07, 6.45) is 54.3. The summed E-state index contributed by atoms with van der Waals surface area (Å²) in [5, 5.41) is 18.4. The molecule has 0 fully saturated rings. The van der Waals surface area contributed by atoms with Gasteiger partial charge in [0.15, 0.2) is 6.10 Å². The monoisotopic (exact) mass is 893 g/mol. The number of unbranched alkanes of at least 4 members (excludes halogenated alkanes) is 19. The van der Waals surface area contributed by atoms with Gasteiger partial charge in [0, 0.05) is 12.8 Å². The molecule has 0 aliphatic heterocycles. The number of esters is 2. The second kappa shape index (κ2) is 46.4. The van der Waals surface area contributed by atoms with Gasteiger partial charge in [0.05, 0.1) is 19.8 Å². The predicted octanol–water partition coefficient (Wildman–Crippen LogP) is 13.6. The van der Waals surface area contributed by atoms with Gasteiger partial charge in [-0.1, -0.05) is 177 Å². The normalized spacial score (nSPS) is 14.3. The van der Waals surface area contributed by atoms with Crippen molar-refractivity contribution in [2.75, 3.05) is 26.4 Å². The third-order valence-corrected chi connectivity index (χ3v) is 11.0. The van der Waals surface area contributed by atoms with Crippen molar-refractivity contribution < 1.29 is 47.8 Å². The summed E-state index contributed by atoms with van der Waals surface area (Å²) in [6.45, 7) is 2.24. The van der Waals surface area contributed by atoms with Gasteiger partial charge < -0.3 is 24.6 Å². The Hall–Kier alpha value is -2.59. The van der Waals surface area contributed by atoms with E-state index in [2.05, 4.69) is 86.8 Å². The standard InChI is InChI=1S/C51H89O10P/c1-3-5-7-9-11-13-15-17-19-21-23-24-25-27-29-31-33-35-37-39-41-43-51(55)61-49(47-60-62(56,57)59-45-48(53)44-52)46-58-50(54)42-40-38-36-34-32-30-28-26-22-20-18-16-14-12-10-8-6-4-2/h5,7,11,13-14,16-17,19-20,22-24,48-49,52-53H,3-4,6,8-10,12,15,18,21,25-47H2,1-2H3,(H,56,57)/b7-5-,13-11-,16-14-,19-17-,22-20-,24-23-. The minimum Gasteiger partial charge on any atom is -0.462 e. The first-order valence-corrected chi connectivity index (χ1v) is 25.9. The fraction of sp³-hybridized carbons (Fsp3) is 0.725. The number of hydrogen-bond donors (Lipinski definition) is 3. The number of carbonyl (C=O) groups is 2. The maximum absolute atomic E-state index is 12.7. The fourth-order valence-electron chi connectivity index (χ4n) is 6.37. The molecule has 0 aliphatic carbocycles. The van der Waals surface area contributed by atoms with Crippen LogP contribution in [-0.2, 0) is 32.7 Å². The van der Waals surface area contributed by atoms with E-state index in [1.807, 2.05) is 0 Å². The molecule has 3 unspecified atom stereocenters. The summed E-state index contributed by atoms with van der Waals surface area (Å²) in [4.78, 5) is 35.1. The molecule has 0 amide bonds. The highest BCUT2D eigenvalue weighted by molar-refractivity contribution is 7.47. The summed E-state index contributed by atoms with van der Waals surface area (Å²) < 4.78 is 32.8. The zero-order valence-electron chi connectivity index (χ0n) is 39.1. The number of carbonyl (C=O) groups excluding carboxylic acids is 2. The molecule has 0 aromatic heterocycles. The molecule has 0 aromatic rings. The number of rotatable bonds is 45. The number of ether oxygens (including phenoxy) is 2. The zero-order chi connectivity index (χ0) is 45.5. The highest BCUT2D eigenvalue weighted by Gasteiger charge is 2.27. The molecule has 0 spiro atoms. The van der Waals surface area contributed by atoms with Crippen molar-refractivity contribution in [1.29, 1.82) is 0 Å². The van der Waals surface area contributed by atoms with Gasteiger partial charge in [-0.05, 0) is 83.5 Å². The van der Waals surface area contributed by atoms with Crippen LogP contribution in [-0.4, -0.2) is 65.7 Å². The van der Waals surface area contributed by atoms with Gasteiger partial charge in [-0.25, -0.2) is 4.57 Å². The first-order valence-electron chi connectivity index (χ1n) is 24.4. The summed E-state index contributed by atoms with van der Waals surface area (Å²) in [5.74, 6) is -0.944. The average Bonchev–Trinajstić information content (AvgIpc) is 3.26. The third kappa shape index (κ3) is 45.4. The average molecular weight is 893 g/mol. The Morgan fingerprint density at radius 3 is 1.34 bits per heavy atom. The Labute approximate surface area is 378 Å². The molecule has 62 heavy (non-hydrogen) atoms. The number of allylic oxidation sites excluding steroid dienone is 12. The van der Waals surface area contributed by atoms with E-state index in [9.17, 15) is 24.2 Å². The molecular formula is C51H89O10P. The number of hydrogen-bond acceptors (Lipinski definition) is 9. The molecule has 0 aliphatic rings. The van der Waals surface area contributed by atoms with E-state index in [1.54, 1.807) is 0 Å². The lowest BCUT2D eigenvalue weighted by molar-refractivity contribution is -0.161. The molecule has 0 aromatic carbocycles. The maximum Gasteiger partial charge on any atom is 0.472 e. The first-order chi connectivity index (χ1) is 30.2. The molecule has 0 heterocycles. The van der Waals surface area contributed by atoms with Gasteiger partial charge in [-0.3, -0.25) is 18.6 Å². The van der Waals surface area contributed by atoms with Gasteiger partial charge in [-0.15, -0.1) is 0 Å². The van der Waals surface area contributed by atoms with Crippen molar-refractivity contribution >= 4 is 19.8 Å². The summed E-state index contributed by atoms with van der Waals surface area (Å²) >= 11 is 0. The van der Waals surface area contributed by atoms with E-state index in [1.165, 1.54) is 70.6 Å². The smallest absolute Gasteiger partial charge is 0.462 e. The lowest BCUT2D eigenvalue weighted by Gasteiger charge is -2.20. The molecule has 3 N–H and O–H groups in total. The largest absolute Gasteiger partial charge is 0.472 e. The Kier molecular flexibility index (Phi) is 44.5. The van der Waals surface area contributed by atoms with Crippen LogP contribution < -0.4 is 0 Å². The minimum absolute atomic E-state index is 0.170. The number of phosphoric ester groups is 1. The quantitative estimate of drug-likeness (QED) is 0.0233. The van der Waals surface area contributed by atoms with Gasteiger partial charge in [0.2, 0.25) is 0 Å². The molecule has 11 heteroatoms. The van der Waals surface area contributed by atoms with Crippen LogP contribution in [0.3, 0.4) is 0 Å². The van der Waals surface area contributed by atoms with Crippen LogP contribution in [0.2, 0.25) is 0 Å². The van der Waals surface area contributed by atoms with Crippen molar-refractivity contribution in [1.82, 2.24) is 0 Å². The predicted molar refractivity (Wildman–Crippen MR) is 256 cm³/mol. The highest BCUT2D eigenvalue weighted by atomic mass is 31.2. The van der Waals surface area contributed by atoms with Crippen molar-refractivity contribution in [3.8, 4) is 0 Å². The van der Waals surface area contributed by atoms with Crippen LogP contribution >= 0.6 is 7.82 Å². The van der Waals surface area contributed by atoms with E-state index in [4.69, 9.17) is 23.6 Å². The van der Waals surface area contributed by atoms with Crippen molar-refractivity contribution in [3.05, 3.63) is 72.9 Å². The maximum atomic E-state index is 12.7. The van der Waals surface area contributed by atoms with E-state index in [0.29, 0.717) is 12.8 Å². The molecule has 0 radical (unpaired) electrons. The topological polar surface area (TPSA) is 149 Å². The van der Waals surface area contributed by atoms with Crippen molar-refractivity contribution in [2.45, 2.75) is 212 Å². The van der Waals surface area contributed by atoms with Crippen molar-refractivity contribution in [2.24, 2.45) is 0 Å². The zero-order valence-corrected chi connectivity index (χ0v) is 40.0. The molecule has 0 saturated heterocycles. The number of phosphoric acid groups is 1.